The summed E-state index contributed by atoms with van der Waals surface area (Å²) in [5.41, 5.74) is 7.73. The fourth-order valence-corrected chi connectivity index (χ4v) is 4.91. The maximum atomic E-state index is 14.5. The van der Waals surface area contributed by atoms with E-state index in [1.807, 2.05) is 24.0 Å². The summed E-state index contributed by atoms with van der Waals surface area (Å²) >= 11 is 0. The molecular formula is C26H35FN6O2. The lowest BCUT2D eigenvalue weighted by molar-refractivity contribution is -0.138. The third-order valence-electron chi connectivity index (χ3n) is 6.84. The van der Waals surface area contributed by atoms with Gasteiger partial charge in [0, 0.05) is 43.9 Å². The molecular weight excluding hydrogens is 447 g/mol. The number of amides is 1. The molecule has 8 nitrogen and oxygen atoms in total. The number of hydrogen-bond donors (Lipinski definition) is 1. The highest BCUT2D eigenvalue weighted by atomic mass is 19.1. The molecule has 0 aromatic carbocycles. The van der Waals surface area contributed by atoms with Gasteiger partial charge < -0.3 is 15.5 Å². The van der Waals surface area contributed by atoms with Crippen LogP contribution < -0.4 is 5.73 Å². The van der Waals surface area contributed by atoms with Crippen LogP contribution in [0.25, 0.3) is 0 Å². The zero-order valence-electron chi connectivity index (χ0n) is 20.4. The van der Waals surface area contributed by atoms with Crippen molar-refractivity contribution in [3.8, 4) is 0 Å². The molecule has 0 unspecified atom stereocenters. The summed E-state index contributed by atoms with van der Waals surface area (Å²) in [6.07, 6.45) is 7.29. The highest BCUT2D eigenvalue weighted by Crippen LogP contribution is 2.27. The number of piperidine rings is 2. The van der Waals surface area contributed by atoms with E-state index in [9.17, 15) is 9.18 Å². The molecule has 0 bridgehead atoms. The summed E-state index contributed by atoms with van der Waals surface area (Å²) in [5, 5.41) is 4.27. The fourth-order valence-electron chi connectivity index (χ4n) is 4.91. The Morgan fingerprint density at radius 3 is 2.54 bits per heavy atom. The summed E-state index contributed by atoms with van der Waals surface area (Å²) in [4.78, 5) is 31.3. The quantitative estimate of drug-likeness (QED) is 0.352. The summed E-state index contributed by atoms with van der Waals surface area (Å²) in [7, 11) is 0. The van der Waals surface area contributed by atoms with E-state index in [1.54, 1.807) is 18.5 Å². The Hall–Kier alpha value is -3.07. The number of oxime groups is 1. The molecule has 1 amide bonds. The number of nitrogens with two attached hydrogens (primary N) is 1. The molecule has 35 heavy (non-hydrogen) atoms. The van der Waals surface area contributed by atoms with E-state index >= 15 is 0 Å². The van der Waals surface area contributed by atoms with E-state index in [2.05, 4.69) is 20.0 Å². The van der Waals surface area contributed by atoms with E-state index in [-0.39, 0.29) is 23.4 Å². The van der Waals surface area contributed by atoms with Gasteiger partial charge in [-0.15, -0.1) is 0 Å². The summed E-state index contributed by atoms with van der Waals surface area (Å²) < 4.78 is 14.5. The number of nitrogen functional groups attached to an aromatic ring is 1. The molecule has 0 aliphatic carbocycles. The zero-order chi connectivity index (χ0) is 24.6. The zero-order valence-corrected chi connectivity index (χ0v) is 20.4. The topological polar surface area (TPSA) is 96.9 Å². The second-order valence-electron chi connectivity index (χ2n) is 9.38. The minimum Gasteiger partial charge on any atom is -0.396 e. The Labute approximate surface area is 206 Å². The number of anilines is 1. The number of halogens is 1. The Balaban J connectivity index is 1.30. The van der Waals surface area contributed by atoms with Gasteiger partial charge in [-0.2, -0.15) is 0 Å². The molecule has 2 aromatic heterocycles. The van der Waals surface area contributed by atoms with Crippen molar-refractivity contribution in [2.45, 2.75) is 45.6 Å². The number of hydrogen-bond acceptors (Lipinski definition) is 7. The number of pyridine rings is 2. The van der Waals surface area contributed by atoms with Crippen molar-refractivity contribution >= 4 is 17.4 Å². The lowest BCUT2D eigenvalue weighted by atomic mass is 9.88. The van der Waals surface area contributed by atoms with Crippen LogP contribution in [0.15, 0.2) is 41.8 Å². The highest BCUT2D eigenvalue weighted by molar-refractivity contribution is 6.00. The van der Waals surface area contributed by atoms with Crippen molar-refractivity contribution in [2.24, 2.45) is 17.0 Å². The van der Waals surface area contributed by atoms with Crippen LogP contribution in [-0.4, -0.2) is 64.2 Å². The number of rotatable bonds is 8. The normalized spacial score (nSPS) is 18.6. The van der Waals surface area contributed by atoms with E-state index in [4.69, 9.17) is 10.6 Å². The maximum absolute atomic E-state index is 14.5. The van der Waals surface area contributed by atoms with Crippen LogP contribution >= 0.6 is 0 Å². The van der Waals surface area contributed by atoms with Gasteiger partial charge in [-0.1, -0.05) is 12.1 Å². The first-order valence-corrected chi connectivity index (χ1v) is 12.6. The van der Waals surface area contributed by atoms with Crippen LogP contribution in [0.5, 0.6) is 0 Å². The number of aromatic nitrogens is 2. The number of carbonyl (C=O) groups is 1. The molecule has 4 rings (SSSR count). The van der Waals surface area contributed by atoms with Gasteiger partial charge in [0.2, 0.25) is 5.91 Å². The largest absolute Gasteiger partial charge is 0.396 e. The third-order valence-corrected chi connectivity index (χ3v) is 6.84. The Morgan fingerprint density at radius 2 is 1.86 bits per heavy atom. The SMILES string of the molecule is CCCO/N=C(/c1ncccc1F)C1CCN(C(=O)C2CCN(Cc3ccnc(N)c3)CC2)CC1. The van der Waals surface area contributed by atoms with Crippen molar-refractivity contribution in [3.63, 3.8) is 0 Å². The van der Waals surface area contributed by atoms with Gasteiger partial charge in [-0.25, -0.2) is 9.37 Å². The first-order valence-electron chi connectivity index (χ1n) is 12.6. The highest BCUT2D eigenvalue weighted by Gasteiger charge is 2.33. The summed E-state index contributed by atoms with van der Waals surface area (Å²) in [5.74, 6) is 0.438. The lowest BCUT2D eigenvalue weighted by Gasteiger charge is -2.37. The molecule has 2 fully saturated rings. The van der Waals surface area contributed by atoms with Crippen LogP contribution in [0, 0.1) is 17.7 Å². The van der Waals surface area contributed by atoms with Crippen LogP contribution in [-0.2, 0) is 16.2 Å². The second-order valence-corrected chi connectivity index (χ2v) is 9.38. The molecule has 0 spiro atoms. The molecule has 2 aliphatic rings. The average molecular weight is 483 g/mol. The van der Waals surface area contributed by atoms with E-state index in [1.165, 1.54) is 6.07 Å². The molecule has 4 heterocycles. The van der Waals surface area contributed by atoms with Gasteiger partial charge in [0.25, 0.3) is 0 Å². The van der Waals surface area contributed by atoms with Crippen molar-refractivity contribution in [2.75, 3.05) is 38.5 Å². The van der Waals surface area contributed by atoms with E-state index < -0.39 is 5.82 Å². The average Bonchev–Trinajstić information content (AvgIpc) is 2.88. The number of nitrogens with zero attached hydrogens (tertiary/aromatic N) is 5. The number of likely N-dealkylation sites (tertiary alicyclic amines) is 2. The minimum absolute atomic E-state index is 0.00921. The standard InChI is InChI=1S/C26H35FN6O2/c1-2-16-35-31-24(25-22(27)4-3-10-30-25)20-8-14-33(15-9-20)26(34)21-6-12-32(13-7-21)18-19-5-11-29-23(28)17-19/h3-5,10-11,17,20-21H,2,6-9,12-16,18H2,1H3,(H2,28,29)/b31-24+. The molecule has 0 radical (unpaired) electrons. The Morgan fingerprint density at radius 1 is 1.11 bits per heavy atom. The van der Waals surface area contributed by atoms with Crippen molar-refractivity contribution in [3.05, 3.63) is 53.7 Å². The van der Waals surface area contributed by atoms with Crippen LogP contribution in [0.4, 0.5) is 10.2 Å². The summed E-state index contributed by atoms with van der Waals surface area (Å²) in [6, 6.07) is 6.86. The monoisotopic (exact) mass is 482 g/mol. The van der Waals surface area contributed by atoms with Crippen molar-refractivity contribution < 1.29 is 14.0 Å². The fraction of sp³-hybridized carbons (Fsp3) is 0.538. The first-order chi connectivity index (χ1) is 17.0. The molecule has 2 aromatic rings. The smallest absolute Gasteiger partial charge is 0.225 e. The van der Waals surface area contributed by atoms with Crippen LogP contribution in [0.3, 0.4) is 0 Å². The van der Waals surface area contributed by atoms with Gasteiger partial charge in [0.15, 0.2) is 5.82 Å². The van der Waals surface area contributed by atoms with Gasteiger partial charge in [0.1, 0.15) is 23.8 Å². The van der Waals surface area contributed by atoms with E-state index in [0.29, 0.717) is 31.2 Å². The van der Waals surface area contributed by atoms with Crippen LogP contribution in [0.1, 0.15) is 50.3 Å². The lowest BCUT2D eigenvalue weighted by Crippen LogP contribution is -2.46. The van der Waals surface area contributed by atoms with Crippen molar-refractivity contribution in [1.29, 1.82) is 0 Å². The predicted molar refractivity (Wildman–Crippen MR) is 133 cm³/mol. The third kappa shape index (κ3) is 6.54. The molecule has 0 saturated carbocycles. The summed E-state index contributed by atoms with van der Waals surface area (Å²) in [6.45, 7) is 6.36. The van der Waals surface area contributed by atoms with Crippen molar-refractivity contribution in [1.82, 2.24) is 19.8 Å². The molecule has 0 atom stereocenters. The predicted octanol–water partition coefficient (Wildman–Crippen LogP) is 3.48. The number of carbonyl (C=O) groups excluding carboxylic acids is 1. The van der Waals surface area contributed by atoms with E-state index in [0.717, 1.165) is 57.3 Å². The van der Waals surface area contributed by atoms with Gasteiger partial charge in [-0.05, 0) is 75.0 Å². The molecule has 2 saturated heterocycles. The van der Waals surface area contributed by atoms with Crippen LogP contribution in [0.2, 0.25) is 0 Å². The van der Waals surface area contributed by atoms with Gasteiger partial charge >= 0.3 is 0 Å². The van der Waals surface area contributed by atoms with Gasteiger partial charge in [0.05, 0.1) is 0 Å². The minimum atomic E-state index is -0.397. The second kappa shape index (κ2) is 12.1. The first kappa shape index (κ1) is 25.0. The molecule has 9 heteroatoms. The Kier molecular flexibility index (Phi) is 8.63. The molecule has 188 valence electrons. The Bertz CT molecular complexity index is 1020. The van der Waals surface area contributed by atoms with Gasteiger partial charge in [-0.3, -0.25) is 14.7 Å². The molecule has 2 aliphatic heterocycles. The maximum Gasteiger partial charge on any atom is 0.225 e. The molecule has 2 N–H and O–H groups in total.